The number of aliphatic imine (C=N–C) groups is 1. The van der Waals surface area contributed by atoms with Gasteiger partial charge >= 0.3 is 0 Å². The fourth-order valence-corrected chi connectivity index (χ4v) is 9.14. The predicted molar refractivity (Wildman–Crippen MR) is 269 cm³/mol. The highest BCUT2D eigenvalue weighted by Gasteiger charge is 2.27. The summed E-state index contributed by atoms with van der Waals surface area (Å²) in [6, 6.07) is 8.42. The van der Waals surface area contributed by atoms with Crippen LogP contribution < -0.4 is 18.9 Å². The van der Waals surface area contributed by atoms with Crippen molar-refractivity contribution in [2.75, 3.05) is 54.9 Å². The number of hydrogen-bond donors (Lipinski definition) is 1. The maximum absolute atomic E-state index is 5.38. The number of nitrogens with zero attached hydrogens (tertiary/aromatic N) is 16. The molecule has 0 aromatic carbocycles. The molecule has 71 heavy (non-hydrogen) atoms. The van der Waals surface area contributed by atoms with Gasteiger partial charge in [-0.05, 0) is 52.4 Å². The van der Waals surface area contributed by atoms with E-state index in [1.54, 1.807) is 65.6 Å². The smallest absolute Gasteiger partial charge is 0.225 e. The van der Waals surface area contributed by atoms with Gasteiger partial charge in [-0.1, -0.05) is 0 Å². The lowest BCUT2D eigenvalue weighted by molar-refractivity contribution is -0.0286. The molecule has 0 spiro atoms. The van der Waals surface area contributed by atoms with E-state index in [1.165, 1.54) is 0 Å². The molecule has 13 heterocycles. The van der Waals surface area contributed by atoms with E-state index < -0.39 is 0 Å². The zero-order valence-electron chi connectivity index (χ0n) is 39.8. The fourth-order valence-electron chi connectivity index (χ4n) is 8.31. The summed E-state index contributed by atoms with van der Waals surface area (Å²) >= 11 is 2.18. The Hall–Kier alpha value is -7.84. The lowest BCUT2D eigenvalue weighted by Crippen LogP contribution is -2.30. The van der Waals surface area contributed by atoms with E-state index >= 15 is 0 Å². The molecule has 0 unspecified atom stereocenters. The van der Waals surface area contributed by atoms with Crippen LogP contribution in [0.15, 0.2) is 91.2 Å². The van der Waals surface area contributed by atoms with Crippen LogP contribution in [0.25, 0.3) is 55.2 Å². The van der Waals surface area contributed by atoms with Crippen molar-refractivity contribution < 1.29 is 28.4 Å². The second-order valence-electron chi connectivity index (χ2n) is 16.3. The van der Waals surface area contributed by atoms with Crippen molar-refractivity contribution in [3.05, 3.63) is 107 Å². The van der Waals surface area contributed by atoms with E-state index in [4.69, 9.17) is 28.4 Å². The van der Waals surface area contributed by atoms with Crippen molar-refractivity contribution in [2.24, 2.45) is 26.1 Å². The molecular weight excluding hydrogens is 1030 g/mol. The first-order valence-corrected chi connectivity index (χ1v) is 23.3. The number of H-pyrrole nitrogens is 1. The van der Waals surface area contributed by atoms with E-state index in [2.05, 4.69) is 83.2 Å². The standard InChI is InChI=1S/C14H15N5O2.C14H14N4O2.C11H11N5O.C8H8IN3O/c1-18-11-3-4-15-14(20-2)12(11)13(17-18)9-5-16-19(6-9)10-7-21-8-10;1-19-14-12-9(2-3-15-14)4-16-13(12)10-5-17-18(6-10)11-7-20-8-11;1-16-8-3-4-12-11(17-2)9(8)10(15-16)7-5-13-14-6-7;1-12-5-3-4-10-8(13-2)6(5)7(9)11-12/h3-6,10H,7-8H2,1-2H3;2-3,5-6,11H,4,7-8H2,1H3;3-6H,1-2H3,(H,13,14);3-4H,1-2H3. The van der Waals surface area contributed by atoms with Crippen LogP contribution in [0.2, 0.25) is 0 Å². The molecule has 10 aromatic heterocycles. The molecule has 364 valence electrons. The number of ether oxygens (including phenoxy) is 6. The molecule has 13 rings (SSSR count). The maximum Gasteiger partial charge on any atom is 0.225 e. The number of nitrogens with one attached hydrogen (secondary N) is 1. The van der Waals surface area contributed by atoms with Crippen LogP contribution in [0, 0.1) is 3.70 Å². The number of methoxy groups -OCH3 is 4. The van der Waals surface area contributed by atoms with E-state index in [-0.39, 0.29) is 0 Å². The van der Waals surface area contributed by atoms with Gasteiger partial charge in [0.05, 0.1) is 136 Å². The SMILES string of the molecule is COc1nccc2c1C(c1cnn(C3COC3)c1)=NC2.COc1nccc2c1c(-c1cn[nH]c1)nn2C.COc1nccc2c1c(-c1cnn(C3COC3)c1)nn2C.COc1nccc2c1c(I)nn2C. The molecule has 3 aliphatic rings. The van der Waals surface area contributed by atoms with E-state index in [1.807, 2.05) is 93.6 Å². The van der Waals surface area contributed by atoms with Crippen LogP contribution in [0.3, 0.4) is 0 Å². The topological polar surface area (TPSA) is 237 Å². The van der Waals surface area contributed by atoms with Crippen LogP contribution in [0.1, 0.15) is 28.8 Å². The van der Waals surface area contributed by atoms with Gasteiger partial charge in [-0.3, -0.25) is 33.5 Å². The largest absolute Gasteiger partial charge is 0.480 e. The Morgan fingerprint density at radius 3 is 1.58 bits per heavy atom. The van der Waals surface area contributed by atoms with Crippen molar-refractivity contribution in [3.8, 4) is 46.0 Å². The third-order valence-electron chi connectivity index (χ3n) is 12.1. The van der Waals surface area contributed by atoms with Gasteiger partial charge in [0, 0.05) is 81.2 Å². The van der Waals surface area contributed by atoms with E-state index in [0.717, 1.165) is 108 Å². The molecule has 0 atom stereocenters. The summed E-state index contributed by atoms with van der Waals surface area (Å²) in [4.78, 5) is 21.5. The Bertz CT molecular complexity index is 3510. The van der Waals surface area contributed by atoms with Crippen LogP contribution in [-0.2, 0) is 37.2 Å². The van der Waals surface area contributed by atoms with Crippen LogP contribution in [-0.4, -0.2) is 140 Å². The summed E-state index contributed by atoms with van der Waals surface area (Å²) < 4.78 is 41.8. The second-order valence-corrected chi connectivity index (χ2v) is 17.3. The first-order chi connectivity index (χ1) is 34.7. The molecule has 2 fully saturated rings. The Morgan fingerprint density at radius 1 is 0.577 bits per heavy atom. The first-order valence-electron chi connectivity index (χ1n) is 22.2. The minimum absolute atomic E-state index is 0.328. The van der Waals surface area contributed by atoms with Gasteiger partial charge in [0.25, 0.3) is 0 Å². The highest BCUT2D eigenvalue weighted by Crippen LogP contribution is 2.35. The Morgan fingerprint density at radius 2 is 1.06 bits per heavy atom. The molecule has 0 bridgehead atoms. The zero-order valence-corrected chi connectivity index (χ0v) is 41.9. The molecule has 23 nitrogen and oxygen atoms in total. The highest BCUT2D eigenvalue weighted by molar-refractivity contribution is 14.1. The molecule has 24 heteroatoms. The normalized spacial score (nSPS) is 14.1. The zero-order chi connectivity index (χ0) is 49.2. The number of aromatic amines is 1. The summed E-state index contributed by atoms with van der Waals surface area (Å²) in [6.45, 7) is 3.56. The highest BCUT2D eigenvalue weighted by atomic mass is 127. The van der Waals surface area contributed by atoms with Gasteiger partial charge < -0.3 is 28.4 Å². The fraction of sp³-hybridized carbons (Fsp3) is 0.298. The van der Waals surface area contributed by atoms with E-state index in [0.29, 0.717) is 42.1 Å². The lowest BCUT2D eigenvalue weighted by Gasteiger charge is -2.25. The number of rotatable bonds is 9. The molecule has 2 saturated heterocycles. The number of halogens is 1. The second kappa shape index (κ2) is 20.2. The van der Waals surface area contributed by atoms with E-state index in [9.17, 15) is 0 Å². The summed E-state index contributed by atoms with van der Waals surface area (Å²) in [7, 11) is 12.2. The summed E-state index contributed by atoms with van der Waals surface area (Å²) in [5.74, 6) is 2.41. The van der Waals surface area contributed by atoms with Crippen LogP contribution >= 0.6 is 22.6 Å². The maximum atomic E-state index is 5.38. The third kappa shape index (κ3) is 8.99. The van der Waals surface area contributed by atoms with Gasteiger partial charge in [-0.2, -0.15) is 30.6 Å². The third-order valence-corrected chi connectivity index (χ3v) is 12.8. The van der Waals surface area contributed by atoms with Gasteiger partial charge in [0.15, 0.2) is 0 Å². The average molecular weight is 1070 g/mol. The number of pyridine rings is 4. The number of hydrogen-bond acceptors (Lipinski definition) is 17. The van der Waals surface area contributed by atoms with Gasteiger partial charge in [0.1, 0.15) is 15.1 Å². The average Bonchev–Trinajstić information content (AvgIpc) is 4.24. The summed E-state index contributed by atoms with van der Waals surface area (Å²) in [5, 5.41) is 31.7. The van der Waals surface area contributed by atoms with Crippen molar-refractivity contribution in [3.63, 3.8) is 0 Å². The first kappa shape index (κ1) is 46.9. The van der Waals surface area contributed by atoms with Gasteiger partial charge in [0.2, 0.25) is 23.5 Å². The Kier molecular flexibility index (Phi) is 13.4. The monoisotopic (exact) mass is 1070 g/mol. The number of fused-ring (bicyclic) bond motifs is 4. The van der Waals surface area contributed by atoms with Crippen molar-refractivity contribution in [1.82, 2.24) is 79.0 Å². The molecule has 0 saturated carbocycles. The molecular formula is C47H48IN17O6. The van der Waals surface area contributed by atoms with Crippen molar-refractivity contribution in [2.45, 2.75) is 18.6 Å². The Balaban J connectivity index is 0.000000111. The van der Waals surface area contributed by atoms with Crippen LogP contribution in [0.4, 0.5) is 0 Å². The summed E-state index contributed by atoms with van der Waals surface area (Å²) in [5.41, 5.74) is 10.6. The van der Waals surface area contributed by atoms with Crippen LogP contribution in [0.5, 0.6) is 23.5 Å². The molecule has 3 aliphatic heterocycles. The minimum atomic E-state index is 0.328. The number of aryl methyl sites for hydroxylation is 3. The predicted octanol–water partition coefficient (Wildman–Crippen LogP) is 5.57. The molecule has 0 amide bonds. The molecule has 10 aromatic rings. The van der Waals surface area contributed by atoms with Crippen molar-refractivity contribution >= 4 is 61.0 Å². The quantitative estimate of drug-likeness (QED) is 0.174. The minimum Gasteiger partial charge on any atom is -0.480 e. The Labute approximate surface area is 418 Å². The van der Waals surface area contributed by atoms with Gasteiger partial charge in [-0.25, -0.2) is 19.9 Å². The van der Waals surface area contributed by atoms with Gasteiger partial charge in [-0.15, -0.1) is 0 Å². The number of aromatic nitrogens is 16. The summed E-state index contributed by atoms with van der Waals surface area (Å²) in [6.07, 6.45) is 18.1. The molecule has 0 aliphatic carbocycles. The van der Waals surface area contributed by atoms with Crippen molar-refractivity contribution in [1.29, 1.82) is 0 Å². The lowest BCUT2D eigenvalue weighted by atomic mass is 10.0. The molecule has 1 N–H and O–H groups in total. The molecule has 0 radical (unpaired) electrons.